The average Bonchev–Trinajstić information content (AvgIpc) is 2.69. The van der Waals surface area contributed by atoms with Gasteiger partial charge in [-0.1, -0.05) is 32.0 Å². The summed E-state index contributed by atoms with van der Waals surface area (Å²) in [6.45, 7) is 5.57. The molecule has 0 aliphatic carbocycles. The van der Waals surface area contributed by atoms with Crippen molar-refractivity contribution in [3.8, 4) is 0 Å². The molecule has 1 aliphatic rings. The number of ether oxygens (including phenoxy) is 1. The van der Waals surface area contributed by atoms with E-state index in [2.05, 4.69) is 19.2 Å². The maximum atomic E-state index is 12.8. The summed E-state index contributed by atoms with van der Waals surface area (Å²) in [4.78, 5) is 12.7. The fourth-order valence-corrected chi connectivity index (χ4v) is 4.37. The largest absolute Gasteiger partial charge is 0.379 e. The van der Waals surface area contributed by atoms with E-state index in [0.29, 0.717) is 43.5 Å². The Hall–Kier alpha value is -2.22. The van der Waals surface area contributed by atoms with Gasteiger partial charge in [0, 0.05) is 24.3 Å². The van der Waals surface area contributed by atoms with E-state index in [9.17, 15) is 13.2 Å². The molecule has 0 saturated carbocycles. The molecule has 0 atom stereocenters. The van der Waals surface area contributed by atoms with Crippen molar-refractivity contribution in [1.29, 1.82) is 0 Å². The lowest BCUT2D eigenvalue weighted by atomic mass is 10.0. The van der Waals surface area contributed by atoms with Crippen molar-refractivity contribution in [2.45, 2.75) is 24.7 Å². The minimum absolute atomic E-state index is 0.119. The molecular formula is C20H24N2O4S. The fraction of sp³-hybridized carbons (Fsp3) is 0.350. The number of benzene rings is 2. The molecule has 1 amide bonds. The summed E-state index contributed by atoms with van der Waals surface area (Å²) in [5, 5.41) is 2.84. The highest BCUT2D eigenvalue weighted by atomic mass is 32.2. The van der Waals surface area contributed by atoms with Crippen molar-refractivity contribution >= 4 is 21.6 Å². The number of hydrogen-bond acceptors (Lipinski definition) is 4. The lowest BCUT2D eigenvalue weighted by molar-refractivity contribution is 0.0730. The predicted molar refractivity (Wildman–Crippen MR) is 105 cm³/mol. The molecule has 1 fully saturated rings. The smallest absolute Gasteiger partial charge is 0.255 e. The summed E-state index contributed by atoms with van der Waals surface area (Å²) in [5.74, 6) is 0.0128. The van der Waals surface area contributed by atoms with E-state index in [1.807, 2.05) is 24.3 Å². The van der Waals surface area contributed by atoms with Gasteiger partial charge in [0.2, 0.25) is 10.0 Å². The van der Waals surface area contributed by atoms with Gasteiger partial charge >= 0.3 is 0 Å². The van der Waals surface area contributed by atoms with Gasteiger partial charge in [-0.3, -0.25) is 4.79 Å². The topological polar surface area (TPSA) is 75.7 Å². The summed E-state index contributed by atoms with van der Waals surface area (Å²) in [5.41, 5.74) is 2.11. The molecule has 7 heteroatoms. The molecule has 27 heavy (non-hydrogen) atoms. The van der Waals surface area contributed by atoms with Gasteiger partial charge in [0.25, 0.3) is 5.91 Å². The molecule has 2 aromatic carbocycles. The van der Waals surface area contributed by atoms with Crippen LogP contribution < -0.4 is 5.32 Å². The number of nitrogens with one attached hydrogen (secondary N) is 1. The average molecular weight is 388 g/mol. The fourth-order valence-electron chi connectivity index (χ4n) is 2.91. The Labute approximate surface area is 160 Å². The summed E-state index contributed by atoms with van der Waals surface area (Å²) in [7, 11) is -3.64. The third-order valence-corrected chi connectivity index (χ3v) is 6.41. The minimum Gasteiger partial charge on any atom is -0.379 e. The third-order valence-electron chi connectivity index (χ3n) is 4.52. The van der Waals surface area contributed by atoms with Crippen LogP contribution in [-0.2, 0) is 14.8 Å². The zero-order valence-electron chi connectivity index (χ0n) is 15.5. The Morgan fingerprint density at radius 3 is 2.48 bits per heavy atom. The van der Waals surface area contributed by atoms with Crippen molar-refractivity contribution in [1.82, 2.24) is 4.31 Å². The Morgan fingerprint density at radius 1 is 1.07 bits per heavy atom. The van der Waals surface area contributed by atoms with Gasteiger partial charge in [-0.2, -0.15) is 4.31 Å². The molecule has 1 aliphatic heterocycles. The van der Waals surface area contributed by atoms with Gasteiger partial charge in [0.15, 0.2) is 0 Å². The van der Waals surface area contributed by atoms with Gasteiger partial charge in [0.1, 0.15) is 0 Å². The summed E-state index contributed by atoms with van der Waals surface area (Å²) in [6, 6.07) is 13.8. The number of anilines is 1. The van der Waals surface area contributed by atoms with E-state index < -0.39 is 10.0 Å². The summed E-state index contributed by atoms with van der Waals surface area (Å²) < 4.78 is 32.2. The van der Waals surface area contributed by atoms with E-state index in [-0.39, 0.29) is 10.8 Å². The molecule has 1 N–H and O–H groups in total. The molecule has 1 saturated heterocycles. The highest BCUT2D eigenvalue weighted by Crippen LogP contribution is 2.21. The SMILES string of the molecule is CC(C)c1cccc(NC(=O)c2cccc(S(=O)(=O)N3CCOCC3)c2)c1. The van der Waals surface area contributed by atoms with Crippen molar-refractivity contribution in [2.75, 3.05) is 31.6 Å². The second kappa shape index (κ2) is 8.21. The predicted octanol–water partition coefficient (Wildman–Crippen LogP) is 3.08. The molecule has 0 unspecified atom stereocenters. The Bertz CT molecular complexity index is 919. The van der Waals surface area contributed by atoms with Crippen molar-refractivity contribution < 1.29 is 17.9 Å². The number of amides is 1. The maximum absolute atomic E-state index is 12.8. The number of rotatable bonds is 5. The van der Waals surface area contributed by atoms with E-state index >= 15 is 0 Å². The van der Waals surface area contributed by atoms with E-state index in [1.54, 1.807) is 12.1 Å². The van der Waals surface area contributed by atoms with E-state index in [0.717, 1.165) is 5.56 Å². The number of carbonyl (C=O) groups excluding carboxylic acids is 1. The second-order valence-electron chi connectivity index (χ2n) is 6.78. The zero-order chi connectivity index (χ0) is 19.4. The lowest BCUT2D eigenvalue weighted by Gasteiger charge is -2.26. The van der Waals surface area contributed by atoms with Crippen LogP contribution >= 0.6 is 0 Å². The van der Waals surface area contributed by atoms with Crippen LogP contribution in [0.25, 0.3) is 0 Å². The third kappa shape index (κ3) is 4.55. The number of morpholine rings is 1. The van der Waals surface area contributed by atoms with Gasteiger partial charge in [-0.25, -0.2) is 8.42 Å². The molecule has 0 aromatic heterocycles. The quantitative estimate of drug-likeness (QED) is 0.854. The van der Waals surface area contributed by atoms with Crippen LogP contribution in [0, 0.1) is 0 Å². The van der Waals surface area contributed by atoms with Gasteiger partial charge < -0.3 is 10.1 Å². The lowest BCUT2D eigenvalue weighted by Crippen LogP contribution is -2.40. The second-order valence-corrected chi connectivity index (χ2v) is 8.72. The Balaban J connectivity index is 1.80. The summed E-state index contributed by atoms with van der Waals surface area (Å²) >= 11 is 0. The first-order chi connectivity index (χ1) is 12.9. The number of nitrogens with zero attached hydrogens (tertiary/aromatic N) is 1. The van der Waals surface area contributed by atoms with Crippen molar-refractivity contribution in [3.05, 3.63) is 59.7 Å². The minimum atomic E-state index is -3.64. The number of hydrogen-bond donors (Lipinski definition) is 1. The van der Waals surface area contributed by atoms with Crippen LogP contribution in [0.3, 0.4) is 0 Å². The van der Waals surface area contributed by atoms with Crippen LogP contribution in [0.1, 0.15) is 35.7 Å². The van der Waals surface area contributed by atoms with Crippen LogP contribution in [0.15, 0.2) is 53.4 Å². The van der Waals surface area contributed by atoms with Crippen LogP contribution in [0.5, 0.6) is 0 Å². The molecule has 3 rings (SSSR count). The molecular weight excluding hydrogens is 364 g/mol. The first-order valence-electron chi connectivity index (χ1n) is 8.97. The van der Waals surface area contributed by atoms with Crippen molar-refractivity contribution in [2.24, 2.45) is 0 Å². The van der Waals surface area contributed by atoms with E-state index in [1.165, 1.54) is 16.4 Å². The van der Waals surface area contributed by atoms with Crippen molar-refractivity contribution in [3.63, 3.8) is 0 Å². The van der Waals surface area contributed by atoms with Crippen LogP contribution in [0.2, 0.25) is 0 Å². The molecule has 2 aromatic rings. The normalized spacial score (nSPS) is 15.7. The van der Waals surface area contributed by atoms with E-state index in [4.69, 9.17) is 4.74 Å². The molecule has 0 radical (unpaired) electrons. The molecule has 1 heterocycles. The van der Waals surface area contributed by atoms with Gasteiger partial charge in [-0.05, 0) is 41.8 Å². The summed E-state index contributed by atoms with van der Waals surface area (Å²) in [6.07, 6.45) is 0. The van der Waals surface area contributed by atoms with Gasteiger partial charge in [0.05, 0.1) is 18.1 Å². The maximum Gasteiger partial charge on any atom is 0.255 e. The number of sulfonamides is 1. The molecule has 0 bridgehead atoms. The van der Waals surface area contributed by atoms with Crippen LogP contribution in [0.4, 0.5) is 5.69 Å². The Morgan fingerprint density at radius 2 is 1.78 bits per heavy atom. The number of carbonyl (C=O) groups is 1. The molecule has 144 valence electrons. The van der Waals surface area contributed by atoms with Gasteiger partial charge in [-0.15, -0.1) is 0 Å². The molecule has 0 spiro atoms. The van der Waals surface area contributed by atoms with Crippen LogP contribution in [-0.4, -0.2) is 44.9 Å². The monoisotopic (exact) mass is 388 g/mol. The first kappa shape index (κ1) is 19.5. The highest BCUT2D eigenvalue weighted by Gasteiger charge is 2.26. The first-order valence-corrected chi connectivity index (χ1v) is 10.4. The zero-order valence-corrected chi connectivity index (χ0v) is 16.3. The standard InChI is InChI=1S/C20H24N2O4S/c1-15(2)16-5-3-7-18(13-16)21-20(23)17-6-4-8-19(14-17)27(24,25)22-9-11-26-12-10-22/h3-8,13-15H,9-12H2,1-2H3,(H,21,23). The molecule has 6 nitrogen and oxygen atoms in total. The highest BCUT2D eigenvalue weighted by molar-refractivity contribution is 7.89. The Kier molecular flexibility index (Phi) is 5.94.